The van der Waals surface area contributed by atoms with Crippen molar-refractivity contribution in [1.29, 1.82) is 0 Å². The lowest BCUT2D eigenvalue weighted by molar-refractivity contribution is -0.132. The van der Waals surface area contributed by atoms with Crippen LogP contribution in [-0.4, -0.2) is 27.1 Å². The van der Waals surface area contributed by atoms with Gasteiger partial charge in [0.15, 0.2) is 0 Å². The third-order valence-electron chi connectivity index (χ3n) is 5.45. The number of carbonyl (C=O) groups is 1. The Morgan fingerprint density at radius 2 is 1.93 bits per heavy atom. The molecule has 1 aromatic carbocycles. The van der Waals surface area contributed by atoms with Crippen molar-refractivity contribution in [2.75, 3.05) is 6.54 Å². The second-order valence-corrected chi connectivity index (χ2v) is 9.13. The van der Waals surface area contributed by atoms with Gasteiger partial charge in [0.1, 0.15) is 0 Å². The van der Waals surface area contributed by atoms with E-state index in [-0.39, 0.29) is 23.9 Å². The van der Waals surface area contributed by atoms with Gasteiger partial charge in [-0.1, -0.05) is 24.3 Å². The molecule has 1 atom stereocenters. The van der Waals surface area contributed by atoms with Crippen LogP contribution in [0.15, 0.2) is 58.0 Å². The van der Waals surface area contributed by atoms with E-state index < -0.39 is 0 Å². The van der Waals surface area contributed by atoms with Crippen LogP contribution in [0.4, 0.5) is 0 Å². The zero-order chi connectivity index (χ0) is 20.0. The minimum atomic E-state index is -0.144. The highest BCUT2D eigenvalue weighted by atomic mass is 32.1. The summed E-state index contributed by atoms with van der Waals surface area (Å²) in [4.78, 5) is 30.4. The minimum Gasteiger partial charge on any atom is -0.330 e. The Bertz CT molecular complexity index is 1260. The third kappa shape index (κ3) is 3.10. The maximum atomic E-state index is 13.5. The molecule has 0 saturated heterocycles. The van der Waals surface area contributed by atoms with Crippen molar-refractivity contribution in [3.8, 4) is 0 Å². The molecule has 0 unspecified atom stereocenters. The summed E-state index contributed by atoms with van der Waals surface area (Å²) in [5.74, 6) is 0.0385. The number of fused-ring (bicyclic) bond motifs is 2. The van der Waals surface area contributed by atoms with Crippen LogP contribution in [0.3, 0.4) is 0 Å². The number of hydrogen-bond donors (Lipinski definition) is 0. The smallest absolute Gasteiger partial charge is 0.274 e. The van der Waals surface area contributed by atoms with Gasteiger partial charge >= 0.3 is 0 Å². The van der Waals surface area contributed by atoms with E-state index in [2.05, 4.69) is 28.0 Å². The molecule has 5 rings (SSSR count). The molecule has 1 aliphatic heterocycles. The maximum Gasteiger partial charge on any atom is 0.274 e. The van der Waals surface area contributed by atoms with E-state index in [1.54, 1.807) is 35.8 Å². The number of nitrogens with zero attached hydrogens (tertiary/aromatic N) is 3. The molecule has 0 spiro atoms. The van der Waals surface area contributed by atoms with Crippen LogP contribution < -0.4 is 5.56 Å². The average molecular weight is 422 g/mol. The maximum absolute atomic E-state index is 13.5. The molecule has 0 fully saturated rings. The van der Waals surface area contributed by atoms with Gasteiger partial charge < -0.3 is 4.90 Å². The van der Waals surface area contributed by atoms with Crippen LogP contribution in [0.5, 0.6) is 0 Å². The molecule has 5 nitrogen and oxygen atoms in total. The molecule has 29 heavy (non-hydrogen) atoms. The van der Waals surface area contributed by atoms with Crippen LogP contribution in [0.25, 0.3) is 10.8 Å². The molecule has 4 heterocycles. The van der Waals surface area contributed by atoms with Crippen LogP contribution >= 0.6 is 22.7 Å². The molecule has 0 bridgehead atoms. The Morgan fingerprint density at radius 3 is 2.72 bits per heavy atom. The fourth-order valence-electron chi connectivity index (χ4n) is 4.09. The van der Waals surface area contributed by atoms with Crippen molar-refractivity contribution in [1.82, 2.24) is 14.7 Å². The number of rotatable bonds is 3. The number of carbonyl (C=O) groups excluding carboxylic acids is 1. The van der Waals surface area contributed by atoms with Gasteiger partial charge in [-0.3, -0.25) is 9.59 Å². The molecule has 1 aliphatic rings. The molecular formula is C22H19N3O2S2. The molecule has 0 N–H and O–H groups in total. The number of amides is 1. The van der Waals surface area contributed by atoms with E-state index in [0.29, 0.717) is 17.6 Å². The summed E-state index contributed by atoms with van der Waals surface area (Å²) in [5, 5.41) is 9.94. The Labute approximate surface area is 175 Å². The molecule has 7 heteroatoms. The SMILES string of the molecule is Cn1nc(CC(=O)N2CCc3sccc3[C@@H]2c2cccs2)c2ccccc2c1=O. The first kappa shape index (κ1) is 18.3. The molecule has 0 radical (unpaired) electrons. The second-order valence-electron chi connectivity index (χ2n) is 7.15. The first-order valence-electron chi connectivity index (χ1n) is 9.47. The largest absolute Gasteiger partial charge is 0.330 e. The van der Waals surface area contributed by atoms with E-state index >= 15 is 0 Å². The molecule has 1 amide bonds. The predicted octanol–water partition coefficient (Wildman–Crippen LogP) is 3.77. The summed E-state index contributed by atoms with van der Waals surface area (Å²) in [6, 6.07) is 13.6. The van der Waals surface area contributed by atoms with E-state index in [9.17, 15) is 9.59 Å². The quantitative estimate of drug-likeness (QED) is 0.506. The van der Waals surface area contributed by atoms with Crippen LogP contribution in [0, 0.1) is 0 Å². The number of thiophene rings is 2. The Hall–Kier alpha value is -2.77. The number of benzene rings is 1. The Morgan fingerprint density at radius 1 is 1.10 bits per heavy atom. The Kier molecular flexibility index (Phi) is 4.56. The molecule has 0 saturated carbocycles. The first-order chi connectivity index (χ1) is 14.1. The van der Waals surface area contributed by atoms with E-state index in [1.165, 1.54) is 20.0 Å². The minimum absolute atomic E-state index is 0.0385. The third-order valence-corrected chi connectivity index (χ3v) is 7.37. The number of aromatic nitrogens is 2. The molecular weight excluding hydrogens is 402 g/mol. The monoisotopic (exact) mass is 421 g/mol. The summed E-state index contributed by atoms with van der Waals surface area (Å²) in [7, 11) is 1.63. The highest BCUT2D eigenvalue weighted by Gasteiger charge is 2.33. The van der Waals surface area contributed by atoms with Crippen LogP contribution in [0.1, 0.15) is 27.1 Å². The predicted molar refractivity (Wildman–Crippen MR) is 117 cm³/mol. The molecule has 0 aliphatic carbocycles. The molecule has 4 aromatic rings. The van der Waals surface area contributed by atoms with Gasteiger partial charge in [0, 0.05) is 28.7 Å². The van der Waals surface area contributed by atoms with Gasteiger partial charge in [-0.2, -0.15) is 5.10 Å². The Balaban J connectivity index is 1.54. The molecule has 146 valence electrons. The topological polar surface area (TPSA) is 55.2 Å². The van der Waals surface area contributed by atoms with Gasteiger partial charge in [-0.05, 0) is 40.9 Å². The van der Waals surface area contributed by atoms with Crippen molar-refractivity contribution in [2.45, 2.75) is 18.9 Å². The number of aryl methyl sites for hydroxylation is 1. The highest BCUT2D eigenvalue weighted by Crippen LogP contribution is 2.39. The zero-order valence-corrected chi connectivity index (χ0v) is 17.5. The first-order valence-corrected chi connectivity index (χ1v) is 11.2. The summed E-state index contributed by atoms with van der Waals surface area (Å²) >= 11 is 3.45. The van der Waals surface area contributed by atoms with Crippen molar-refractivity contribution < 1.29 is 4.79 Å². The lowest BCUT2D eigenvalue weighted by Gasteiger charge is -2.35. The zero-order valence-electron chi connectivity index (χ0n) is 15.9. The summed E-state index contributed by atoms with van der Waals surface area (Å²) < 4.78 is 1.33. The highest BCUT2D eigenvalue weighted by molar-refractivity contribution is 7.10. The molecule has 3 aromatic heterocycles. The summed E-state index contributed by atoms with van der Waals surface area (Å²) in [5.41, 5.74) is 1.73. The van der Waals surface area contributed by atoms with Crippen molar-refractivity contribution in [3.05, 3.63) is 84.6 Å². The van der Waals surface area contributed by atoms with Gasteiger partial charge in [0.2, 0.25) is 5.91 Å². The lowest BCUT2D eigenvalue weighted by atomic mass is 9.97. The van der Waals surface area contributed by atoms with Gasteiger partial charge in [-0.15, -0.1) is 22.7 Å². The van der Waals surface area contributed by atoms with E-state index in [4.69, 9.17) is 0 Å². The van der Waals surface area contributed by atoms with Crippen LogP contribution in [0.2, 0.25) is 0 Å². The van der Waals surface area contributed by atoms with Crippen molar-refractivity contribution in [3.63, 3.8) is 0 Å². The van der Waals surface area contributed by atoms with Gasteiger partial charge in [0.25, 0.3) is 5.56 Å². The standard InChI is InChI=1S/C22H19N3O2S2/c1-24-22(27)15-6-3-2-5-14(15)17(23-24)13-20(26)25-10-8-18-16(9-12-29-18)21(25)19-7-4-11-28-19/h2-7,9,11-12,21H,8,10,13H2,1H3/t21-/m1/s1. The van der Waals surface area contributed by atoms with Crippen LogP contribution in [-0.2, 0) is 24.7 Å². The van der Waals surface area contributed by atoms with Gasteiger partial charge in [-0.25, -0.2) is 4.68 Å². The van der Waals surface area contributed by atoms with E-state index in [0.717, 1.165) is 11.8 Å². The van der Waals surface area contributed by atoms with E-state index in [1.807, 2.05) is 29.2 Å². The summed E-state index contributed by atoms with van der Waals surface area (Å²) in [6.45, 7) is 0.693. The van der Waals surface area contributed by atoms with Crippen molar-refractivity contribution >= 4 is 39.4 Å². The summed E-state index contributed by atoms with van der Waals surface area (Å²) in [6.07, 6.45) is 1.05. The average Bonchev–Trinajstić information content (AvgIpc) is 3.42. The second kappa shape index (κ2) is 7.24. The lowest BCUT2D eigenvalue weighted by Crippen LogP contribution is -2.41. The fourth-order valence-corrected chi connectivity index (χ4v) is 5.85. The van der Waals surface area contributed by atoms with Crippen molar-refractivity contribution in [2.24, 2.45) is 7.05 Å². The number of hydrogen-bond acceptors (Lipinski definition) is 5. The normalized spacial score (nSPS) is 16.2. The van der Waals surface area contributed by atoms with Gasteiger partial charge in [0.05, 0.1) is 23.5 Å². The fraction of sp³-hybridized carbons (Fsp3) is 0.227.